The number of carbonyl (C=O) groups excluding carboxylic acids is 2. The third-order valence-electron chi connectivity index (χ3n) is 8.65. The van der Waals surface area contributed by atoms with Crippen molar-refractivity contribution in [3.05, 3.63) is 81.4 Å². The molecule has 4 aromatic rings. The molecule has 240 valence electrons. The van der Waals surface area contributed by atoms with Crippen molar-refractivity contribution >= 4 is 80.5 Å². The first-order valence-electron chi connectivity index (χ1n) is 14.4. The molecule has 2 amide bonds. The Bertz CT molecular complexity index is 2210. The molecule has 5 heterocycles. The number of halogens is 1. The van der Waals surface area contributed by atoms with Gasteiger partial charge in [-0.1, -0.05) is 12.1 Å². The molecule has 8 bridgehead atoms. The molecule has 2 aromatic carbocycles. The number of benzene rings is 2. The number of hydrazine groups is 1. The number of carbonyl (C=O) groups is 4. The number of nitrogens with one attached hydrogen (secondary N) is 2. The van der Waals surface area contributed by atoms with E-state index in [1.54, 1.807) is 88.2 Å². The van der Waals surface area contributed by atoms with Gasteiger partial charge >= 0.3 is 11.9 Å². The number of amides is 2. The zero-order valence-corrected chi connectivity index (χ0v) is 27.0. The van der Waals surface area contributed by atoms with Gasteiger partial charge in [0.25, 0.3) is 11.8 Å². The van der Waals surface area contributed by atoms with Crippen molar-refractivity contribution in [1.82, 2.24) is 25.7 Å². The molecule has 0 radical (unpaired) electrons. The monoisotopic (exact) mass is 655 g/mol. The number of nitrogens with zero attached hydrogens (tertiary/aromatic N) is 5. The smallest absolute Gasteiger partial charge is 0.354 e. The number of allylic oxidation sites excluding steroid dienone is 1. The Hall–Kier alpha value is -5.69. The predicted octanol–water partition coefficient (Wildman–Crippen LogP) is 3.33. The highest BCUT2D eigenvalue weighted by molar-refractivity contribution is 6.18. The number of aryl methyl sites for hydroxylation is 2. The van der Waals surface area contributed by atoms with E-state index in [0.29, 0.717) is 55.7 Å². The molecule has 2 aromatic heterocycles. The van der Waals surface area contributed by atoms with Crippen LogP contribution in [0.4, 0.5) is 11.4 Å². The number of aliphatic carboxylic acids is 2. The second kappa shape index (κ2) is 10.7. The molecule has 13 nitrogen and oxygen atoms in total. The van der Waals surface area contributed by atoms with E-state index in [9.17, 15) is 29.4 Å². The summed E-state index contributed by atoms with van der Waals surface area (Å²) in [5.41, 5.74) is 6.53. The van der Waals surface area contributed by atoms with Crippen molar-refractivity contribution < 1.29 is 29.4 Å². The topological polar surface area (TPSA) is 168 Å². The van der Waals surface area contributed by atoms with E-state index in [0.717, 1.165) is 5.01 Å². The summed E-state index contributed by atoms with van der Waals surface area (Å²) >= 11 is 0. The second-order valence-electron chi connectivity index (χ2n) is 11.9. The molecule has 1 atom stereocenters. The Balaban J connectivity index is 0.00000386. The summed E-state index contributed by atoms with van der Waals surface area (Å²) in [6.45, 7) is 3.38. The molecule has 0 spiro atoms. The molecule has 0 aliphatic carbocycles. The Morgan fingerprint density at radius 3 is 1.83 bits per heavy atom. The van der Waals surface area contributed by atoms with Crippen LogP contribution in [0.2, 0.25) is 0 Å². The molecule has 3 aliphatic heterocycles. The molecule has 14 heteroatoms. The second-order valence-corrected chi connectivity index (χ2v) is 11.9. The largest absolute Gasteiger partial charge is 0.479 e. The van der Waals surface area contributed by atoms with Gasteiger partial charge in [0.15, 0.2) is 11.7 Å². The van der Waals surface area contributed by atoms with E-state index in [1.807, 2.05) is 0 Å². The average Bonchev–Trinajstić information content (AvgIpc) is 2.99. The van der Waals surface area contributed by atoms with Gasteiger partial charge in [-0.3, -0.25) is 30.0 Å². The van der Waals surface area contributed by atoms with Crippen LogP contribution in [0.25, 0.3) is 33.0 Å². The fraction of sp³-hybridized carbons (Fsp3) is 0.212. The van der Waals surface area contributed by atoms with Crippen molar-refractivity contribution in [2.24, 2.45) is 0 Å². The van der Waals surface area contributed by atoms with Crippen molar-refractivity contribution in [3.8, 4) is 0 Å². The molecule has 0 saturated carbocycles. The standard InChI is InChI=1S/C33H29N7O6.ClH/c1-13-21-26(38(3)4)17-11-15(7-9-19(17)34-13)23-25(36-30(21)41)24-16-8-10-20-18(12-16)27(39(5)6)22(14(2)35-20)31(42)37-40(28(23)32(43)44)29(24)33(45)46;/h7-12,29H,1-6H3,(H,36,41)(H,37,42)(H,43,44)(H,45,46);1H. The summed E-state index contributed by atoms with van der Waals surface area (Å²) in [5, 5.41) is 26.5. The van der Waals surface area contributed by atoms with E-state index in [-0.39, 0.29) is 40.4 Å². The minimum atomic E-state index is -1.74. The minimum absolute atomic E-state index is 0. The Morgan fingerprint density at radius 1 is 0.809 bits per heavy atom. The number of carboxylic acids is 2. The summed E-state index contributed by atoms with van der Waals surface area (Å²) in [7, 11) is 7.14. The zero-order chi connectivity index (χ0) is 32.9. The van der Waals surface area contributed by atoms with E-state index >= 15 is 0 Å². The lowest BCUT2D eigenvalue weighted by Gasteiger charge is -2.40. The summed E-state index contributed by atoms with van der Waals surface area (Å²) < 4.78 is 0. The van der Waals surface area contributed by atoms with Gasteiger partial charge < -0.3 is 25.3 Å². The fourth-order valence-corrected chi connectivity index (χ4v) is 6.91. The summed E-state index contributed by atoms with van der Waals surface area (Å²) in [6.07, 6.45) is 0. The lowest BCUT2D eigenvalue weighted by atomic mass is 9.84. The molecule has 0 fully saturated rings. The van der Waals surface area contributed by atoms with Crippen LogP contribution in [0.3, 0.4) is 0 Å². The van der Waals surface area contributed by atoms with Gasteiger partial charge in [-0.05, 0) is 49.2 Å². The van der Waals surface area contributed by atoms with Crippen LogP contribution in [0.1, 0.15) is 43.2 Å². The Morgan fingerprint density at radius 2 is 1.32 bits per heavy atom. The van der Waals surface area contributed by atoms with Gasteiger partial charge in [0, 0.05) is 50.1 Å². The predicted molar refractivity (Wildman–Crippen MR) is 179 cm³/mol. The van der Waals surface area contributed by atoms with Crippen LogP contribution in [-0.2, 0) is 9.59 Å². The molecule has 47 heavy (non-hydrogen) atoms. The molecule has 4 N–H and O–H groups in total. The average molecular weight is 656 g/mol. The fourth-order valence-electron chi connectivity index (χ4n) is 6.91. The highest BCUT2D eigenvalue weighted by Gasteiger charge is 2.46. The Labute approximate surface area is 274 Å². The van der Waals surface area contributed by atoms with Gasteiger partial charge in [-0.2, -0.15) is 0 Å². The highest BCUT2D eigenvalue weighted by atomic mass is 35.5. The number of fused-ring (bicyclic) bond motifs is 9. The number of rotatable bonds is 4. The maximum Gasteiger partial charge on any atom is 0.354 e. The van der Waals surface area contributed by atoms with E-state index < -0.39 is 35.5 Å². The van der Waals surface area contributed by atoms with Gasteiger partial charge in [0.1, 0.15) is 0 Å². The number of pyridine rings is 2. The maximum absolute atomic E-state index is 14.3. The summed E-state index contributed by atoms with van der Waals surface area (Å²) in [6, 6.07) is 8.57. The van der Waals surface area contributed by atoms with Crippen LogP contribution >= 0.6 is 12.4 Å². The summed E-state index contributed by atoms with van der Waals surface area (Å²) in [5.74, 6) is -4.27. The molecule has 7 rings (SSSR count). The van der Waals surface area contributed by atoms with Crippen LogP contribution in [-0.4, -0.2) is 83.2 Å². The van der Waals surface area contributed by atoms with Gasteiger partial charge in [0.2, 0.25) is 0 Å². The number of anilines is 2. The molecule has 3 aliphatic rings. The maximum atomic E-state index is 14.3. The minimum Gasteiger partial charge on any atom is -0.479 e. The Kier molecular flexibility index (Phi) is 7.12. The molecular weight excluding hydrogens is 626 g/mol. The van der Waals surface area contributed by atoms with Gasteiger partial charge in [0.05, 0.1) is 50.6 Å². The summed E-state index contributed by atoms with van der Waals surface area (Å²) in [4.78, 5) is 67.8. The zero-order valence-electron chi connectivity index (χ0n) is 26.2. The first kappa shape index (κ1) is 31.3. The molecule has 0 saturated heterocycles. The lowest BCUT2D eigenvalue weighted by Crippen LogP contribution is -2.56. The van der Waals surface area contributed by atoms with Crippen LogP contribution in [0.15, 0.2) is 47.8 Å². The van der Waals surface area contributed by atoms with Crippen LogP contribution in [0.5, 0.6) is 0 Å². The van der Waals surface area contributed by atoms with Crippen LogP contribution < -0.4 is 20.5 Å². The van der Waals surface area contributed by atoms with E-state index in [1.165, 1.54) is 0 Å². The molecule has 1 unspecified atom stereocenters. The van der Waals surface area contributed by atoms with Crippen molar-refractivity contribution in [1.29, 1.82) is 0 Å². The first-order chi connectivity index (χ1) is 21.8. The van der Waals surface area contributed by atoms with E-state index in [4.69, 9.17) is 0 Å². The van der Waals surface area contributed by atoms with Crippen molar-refractivity contribution in [2.45, 2.75) is 19.9 Å². The van der Waals surface area contributed by atoms with Crippen LogP contribution in [0, 0.1) is 13.8 Å². The normalized spacial score (nSPS) is 16.5. The quantitative estimate of drug-likeness (QED) is 0.254. The number of aromatic nitrogens is 2. The lowest BCUT2D eigenvalue weighted by molar-refractivity contribution is -0.142. The SMILES string of the molecule is Cc1nc2ccc3cc2c(N(C)C)c1C(=O)NC1=C2c4ccc5nc(C)c(c(N(C)C)c5c4)C(=O)NN(C(C(=O)O)=C13)C2C(=O)O.Cl. The molecular formula is C33H30ClN7O6. The van der Waals surface area contributed by atoms with E-state index in [2.05, 4.69) is 20.7 Å². The third kappa shape index (κ3) is 4.37. The third-order valence-corrected chi connectivity index (χ3v) is 8.65. The number of carboxylic acid groups (broad SMARTS) is 2. The first-order valence-corrected chi connectivity index (χ1v) is 14.4. The highest BCUT2D eigenvalue weighted by Crippen LogP contribution is 2.45. The van der Waals surface area contributed by atoms with Gasteiger partial charge in [-0.25, -0.2) is 9.59 Å². The van der Waals surface area contributed by atoms with Crippen molar-refractivity contribution in [2.75, 3.05) is 38.0 Å². The number of hydrogen-bond donors (Lipinski definition) is 4. The van der Waals surface area contributed by atoms with Crippen molar-refractivity contribution in [3.63, 3.8) is 0 Å². The number of hydrogen-bond acceptors (Lipinski definition) is 9. The van der Waals surface area contributed by atoms with Gasteiger partial charge in [-0.15, -0.1) is 12.4 Å².